The van der Waals surface area contributed by atoms with Crippen LogP contribution < -0.4 is 5.32 Å². The average Bonchev–Trinajstić information content (AvgIpc) is 2.71. The molecule has 0 saturated carbocycles. The molecule has 0 radical (unpaired) electrons. The van der Waals surface area contributed by atoms with Crippen molar-refractivity contribution in [1.82, 2.24) is 10.2 Å². The first-order chi connectivity index (χ1) is 15.3. The normalized spacial score (nSPS) is 22.8. The lowest BCUT2D eigenvalue weighted by atomic mass is 9.87. The number of amides is 1. The Morgan fingerprint density at radius 1 is 1.24 bits per heavy atom. The van der Waals surface area contributed by atoms with Gasteiger partial charge < -0.3 is 9.64 Å². The predicted molar refractivity (Wildman–Crippen MR) is 120 cm³/mol. The average molecular weight is 460 g/mol. The molecule has 0 bridgehead atoms. The maximum Gasteiger partial charge on any atom is 0.311 e. The van der Waals surface area contributed by atoms with Gasteiger partial charge in [0.25, 0.3) is 5.92 Å². The van der Waals surface area contributed by atoms with Gasteiger partial charge in [-0.3, -0.25) is 14.9 Å². The Bertz CT molecular complexity index is 998. The van der Waals surface area contributed by atoms with E-state index in [0.717, 1.165) is 22.3 Å². The van der Waals surface area contributed by atoms with Crippen molar-refractivity contribution >= 4 is 17.4 Å². The van der Waals surface area contributed by atoms with Crippen LogP contribution in [0.2, 0.25) is 0 Å². The van der Waals surface area contributed by atoms with E-state index in [0.29, 0.717) is 25.1 Å². The fourth-order valence-corrected chi connectivity index (χ4v) is 4.42. The van der Waals surface area contributed by atoms with Crippen LogP contribution in [-0.2, 0) is 14.3 Å². The second kappa shape index (κ2) is 9.22. The van der Waals surface area contributed by atoms with Gasteiger partial charge in [-0.05, 0) is 63.3 Å². The summed E-state index contributed by atoms with van der Waals surface area (Å²) in [5.74, 6) is -5.50. The minimum atomic E-state index is -3.08. The molecule has 2 heterocycles. The van der Waals surface area contributed by atoms with E-state index in [1.807, 2.05) is 32.1 Å². The Morgan fingerprint density at radius 3 is 2.39 bits per heavy atom. The number of rotatable bonds is 3. The first-order valence-electron chi connectivity index (χ1n) is 11.1. The van der Waals surface area contributed by atoms with E-state index in [1.54, 1.807) is 25.7 Å². The van der Waals surface area contributed by atoms with Gasteiger partial charge >= 0.3 is 5.97 Å². The lowest BCUT2D eigenvalue weighted by molar-refractivity contribution is -0.171. The highest BCUT2D eigenvalue weighted by atomic mass is 19.3. The number of hydrogen-bond acceptors (Lipinski definition) is 5. The minimum Gasteiger partial charge on any atom is -0.460 e. The number of hydrogen-bond donors (Lipinski definition) is 1. The molecular formula is C25H31F2N3O3. The molecule has 8 heteroatoms. The summed E-state index contributed by atoms with van der Waals surface area (Å²) in [6.45, 7) is 8.88. The number of ether oxygens (including phenoxy) is 1. The number of aryl methyl sites for hydroxylation is 2. The molecule has 2 aliphatic rings. The Morgan fingerprint density at radius 2 is 1.88 bits per heavy atom. The molecule has 1 aromatic carbocycles. The maximum absolute atomic E-state index is 14.1. The number of nitrogens with zero attached hydrogens (tertiary/aromatic N) is 2. The first kappa shape index (κ1) is 24.8. The van der Waals surface area contributed by atoms with E-state index in [9.17, 15) is 23.6 Å². The van der Waals surface area contributed by atoms with Gasteiger partial charge in [0.2, 0.25) is 5.91 Å². The minimum absolute atomic E-state index is 0.321. The maximum atomic E-state index is 14.1. The molecule has 0 aliphatic carbocycles. The van der Waals surface area contributed by atoms with Gasteiger partial charge in [-0.2, -0.15) is 5.26 Å². The molecular weight excluding hydrogens is 428 g/mol. The first-order valence-corrected chi connectivity index (χ1v) is 11.1. The summed E-state index contributed by atoms with van der Waals surface area (Å²) < 4.78 is 33.5. The lowest BCUT2D eigenvalue weighted by Gasteiger charge is -2.39. The van der Waals surface area contributed by atoms with Crippen molar-refractivity contribution in [2.24, 2.45) is 5.92 Å². The molecule has 0 unspecified atom stereocenters. The number of piperidine rings is 1. The highest BCUT2D eigenvalue weighted by Gasteiger charge is 2.49. The smallest absolute Gasteiger partial charge is 0.311 e. The van der Waals surface area contributed by atoms with E-state index in [4.69, 9.17) is 4.74 Å². The Hall–Kier alpha value is -2.79. The molecule has 178 valence electrons. The summed E-state index contributed by atoms with van der Waals surface area (Å²) in [7, 11) is 0. The van der Waals surface area contributed by atoms with Gasteiger partial charge in [0.1, 0.15) is 11.6 Å². The summed E-state index contributed by atoms with van der Waals surface area (Å²) in [6, 6.07) is 5.11. The summed E-state index contributed by atoms with van der Waals surface area (Å²) >= 11 is 0. The third-order valence-electron chi connectivity index (χ3n) is 6.01. The SMILES string of the molecule is Cc1cc(C2=CCN(C(=O)[C@H]3NCC(F)(F)C[C@@H]3C(=O)OC(C)(C)C)CC2)cc(C)c1C#N. The third kappa shape index (κ3) is 5.77. The molecule has 1 N–H and O–H groups in total. The molecule has 3 rings (SSSR count). The van der Waals surface area contributed by atoms with Crippen molar-refractivity contribution in [3.8, 4) is 6.07 Å². The molecule has 6 nitrogen and oxygen atoms in total. The zero-order valence-electron chi connectivity index (χ0n) is 19.8. The van der Waals surface area contributed by atoms with Crippen LogP contribution in [0.1, 0.15) is 55.9 Å². The molecule has 1 fully saturated rings. The van der Waals surface area contributed by atoms with Crippen molar-refractivity contribution in [3.63, 3.8) is 0 Å². The number of nitrogens with one attached hydrogen (secondary N) is 1. The molecule has 0 spiro atoms. The van der Waals surface area contributed by atoms with Gasteiger partial charge in [0.05, 0.1) is 24.1 Å². The van der Waals surface area contributed by atoms with Crippen LogP contribution in [0.3, 0.4) is 0 Å². The van der Waals surface area contributed by atoms with Gasteiger partial charge in [0.15, 0.2) is 0 Å². The topological polar surface area (TPSA) is 82.4 Å². The van der Waals surface area contributed by atoms with Crippen LogP contribution >= 0.6 is 0 Å². The van der Waals surface area contributed by atoms with E-state index in [-0.39, 0.29) is 5.91 Å². The molecule has 2 aliphatic heterocycles. The number of nitriles is 1. The van der Waals surface area contributed by atoms with Gasteiger partial charge in [-0.1, -0.05) is 18.2 Å². The van der Waals surface area contributed by atoms with E-state index >= 15 is 0 Å². The van der Waals surface area contributed by atoms with Crippen LogP contribution in [0, 0.1) is 31.1 Å². The number of carbonyl (C=O) groups is 2. The zero-order chi connectivity index (χ0) is 24.6. The second-order valence-electron chi connectivity index (χ2n) is 9.92. The van der Waals surface area contributed by atoms with Gasteiger partial charge in [-0.15, -0.1) is 0 Å². The highest BCUT2D eigenvalue weighted by molar-refractivity contribution is 5.89. The number of carbonyl (C=O) groups excluding carboxylic acids is 2. The largest absolute Gasteiger partial charge is 0.460 e. The van der Waals surface area contributed by atoms with Crippen LogP contribution in [0.15, 0.2) is 18.2 Å². The number of esters is 1. The standard InChI is InChI=1S/C25H31F2N3O3/c1-15-10-18(11-16(2)20(15)13-28)17-6-8-30(9-7-17)22(31)21-19(12-25(26,27)14-29-21)23(32)33-24(3,4)5/h6,10-11,19,21,29H,7-9,12,14H2,1-5H3/t19-,21-/m0/s1. The van der Waals surface area contributed by atoms with Crippen molar-refractivity contribution in [2.75, 3.05) is 19.6 Å². The molecule has 0 aromatic heterocycles. The summed E-state index contributed by atoms with van der Waals surface area (Å²) in [4.78, 5) is 27.5. The fraction of sp³-hybridized carbons (Fsp3) is 0.560. The molecule has 1 saturated heterocycles. The molecule has 33 heavy (non-hydrogen) atoms. The van der Waals surface area contributed by atoms with Crippen LogP contribution in [0.25, 0.3) is 5.57 Å². The van der Waals surface area contributed by atoms with Crippen molar-refractivity contribution < 1.29 is 23.1 Å². The van der Waals surface area contributed by atoms with Gasteiger partial charge in [-0.25, -0.2) is 8.78 Å². The second-order valence-corrected chi connectivity index (χ2v) is 9.92. The van der Waals surface area contributed by atoms with Crippen LogP contribution in [0.5, 0.6) is 0 Å². The number of alkyl halides is 2. The Balaban J connectivity index is 1.76. The summed E-state index contributed by atoms with van der Waals surface area (Å²) in [6.07, 6.45) is 1.82. The Kier molecular flexibility index (Phi) is 6.94. The molecule has 2 atom stereocenters. The quantitative estimate of drug-likeness (QED) is 0.697. The summed E-state index contributed by atoms with van der Waals surface area (Å²) in [5.41, 5.74) is 3.72. The van der Waals surface area contributed by atoms with Gasteiger partial charge in [0, 0.05) is 19.5 Å². The van der Waals surface area contributed by atoms with E-state index in [2.05, 4.69) is 11.4 Å². The van der Waals surface area contributed by atoms with Crippen molar-refractivity contribution in [2.45, 2.75) is 65.0 Å². The predicted octanol–water partition coefficient (Wildman–Crippen LogP) is 3.75. The fourth-order valence-electron chi connectivity index (χ4n) is 4.42. The number of halogens is 2. The number of benzene rings is 1. The summed E-state index contributed by atoms with van der Waals surface area (Å²) in [5, 5.41) is 11.9. The van der Waals surface area contributed by atoms with E-state index in [1.165, 1.54) is 0 Å². The molecule has 1 aromatic rings. The van der Waals surface area contributed by atoms with E-state index < -0.39 is 42.4 Å². The highest BCUT2D eigenvalue weighted by Crippen LogP contribution is 2.33. The van der Waals surface area contributed by atoms with Crippen molar-refractivity contribution in [1.29, 1.82) is 5.26 Å². The third-order valence-corrected chi connectivity index (χ3v) is 6.01. The molecule has 1 amide bonds. The lowest BCUT2D eigenvalue weighted by Crippen LogP contribution is -2.60. The van der Waals surface area contributed by atoms with Crippen LogP contribution in [0.4, 0.5) is 8.78 Å². The van der Waals surface area contributed by atoms with Crippen molar-refractivity contribution in [3.05, 3.63) is 40.5 Å². The zero-order valence-corrected chi connectivity index (χ0v) is 19.8. The van der Waals surface area contributed by atoms with Crippen LogP contribution in [-0.4, -0.2) is 54.0 Å². The monoisotopic (exact) mass is 459 g/mol. The Labute approximate surface area is 193 Å².